The van der Waals surface area contributed by atoms with Crippen molar-refractivity contribution in [1.29, 1.82) is 0 Å². The molecular formula is C17H28O2S. The number of phenolic OH excluding ortho intramolecular Hbond substituents is 2. The van der Waals surface area contributed by atoms with Gasteiger partial charge in [0.15, 0.2) is 11.5 Å². The monoisotopic (exact) mass is 296 g/mol. The van der Waals surface area contributed by atoms with E-state index in [4.69, 9.17) is 0 Å². The van der Waals surface area contributed by atoms with E-state index in [0.717, 1.165) is 24.2 Å². The first-order chi connectivity index (χ1) is 9.74. The van der Waals surface area contributed by atoms with Crippen LogP contribution in [0.5, 0.6) is 11.5 Å². The smallest absolute Gasteiger partial charge is 0.157 e. The highest BCUT2D eigenvalue weighted by Crippen LogP contribution is 2.25. The Morgan fingerprint density at radius 2 is 1.25 bits per heavy atom. The summed E-state index contributed by atoms with van der Waals surface area (Å²) in [6.45, 7) is 0. The lowest BCUT2D eigenvalue weighted by Crippen LogP contribution is -1.87. The minimum atomic E-state index is -0.0355. The number of unbranched alkanes of at least 4 members (excludes halogenated alkanes) is 8. The topological polar surface area (TPSA) is 40.5 Å². The second-order valence-electron chi connectivity index (χ2n) is 5.48. The van der Waals surface area contributed by atoms with Crippen molar-refractivity contribution in [3.63, 3.8) is 0 Å². The maximum Gasteiger partial charge on any atom is 0.157 e. The molecule has 0 spiro atoms. The molecule has 3 heteroatoms. The molecule has 0 aliphatic rings. The van der Waals surface area contributed by atoms with Crippen LogP contribution in [0.4, 0.5) is 0 Å². The number of phenols is 2. The SMILES string of the molecule is Oc1ccc(CCCCCCCCCCCS)cc1O. The molecule has 0 aliphatic heterocycles. The van der Waals surface area contributed by atoms with Gasteiger partial charge in [0, 0.05) is 0 Å². The van der Waals surface area contributed by atoms with Crippen molar-refractivity contribution in [2.45, 2.75) is 64.2 Å². The number of hydrogen-bond donors (Lipinski definition) is 3. The van der Waals surface area contributed by atoms with E-state index in [1.165, 1.54) is 51.4 Å². The van der Waals surface area contributed by atoms with Gasteiger partial charge in [-0.1, -0.05) is 51.0 Å². The Morgan fingerprint density at radius 3 is 1.80 bits per heavy atom. The molecule has 0 unspecified atom stereocenters. The summed E-state index contributed by atoms with van der Waals surface area (Å²) < 4.78 is 0. The van der Waals surface area contributed by atoms with Crippen molar-refractivity contribution < 1.29 is 10.2 Å². The highest BCUT2D eigenvalue weighted by molar-refractivity contribution is 7.80. The van der Waals surface area contributed by atoms with Crippen molar-refractivity contribution in [2.75, 3.05) is 5.75 Å². The van der Waals surface area contributed by atoms with E-state index in [1.54, 1.807) is 12.1 Å². The number of thiol groups is 1. The van der Waals surface area contributed by atoms with E-state index in [0.29, 0.717) is 0 Å². The van der Waals surface area contributed by atoms with Crippen molar-refractivity contribution in [3.05, 3.63) is 23.8 Å². The molecule has 0 amide bonds. The maximum absolute atomic E-state index is 9.41. The number of aromatic hydroxyl groups is 2. The Labute approximate surface area is 128 Å². The summed E-state index contributed by atoms with van der Waals surface area (Å²) >= 11 is 4.21. The minimum Gasteiger partial charge on any atom is -0.504 e. The van der Waals surface area contributed by atoms with E-state index < -0.39 is 0 Å². The molecule has 114 valence electrons. The van der Waals surface area contributed by atoms with Crippen LogP contribution in [0.3, 0.4) is 0 Å². The van der Waals surface area contributed by atoms with Gasteiger partial charge in [-0.05, 0) is 42.7 Å². The van der Waals surface area contributed by atoms with Gasteiger partial charge in [0.2, 0.25) is 0 Å². The second-order valence-corrected chi connectivity index (χ2v) is 5.93. The molecule has 1 aromatic carbocycles. The van der Waals surface area contributed by atoms with Gasteiger partial charge in [0.1, 0.15) is 0 Å². The Balaban J connectivity index is 1.95. The fourth-order valence-electron chi connectivity index (χ4n) is 2.40. The summed E-state index contributed by atoms with van der Waals surface area (Å²) in [6.07, 6.45) is 12.7. The molecule has 2 nitrogen and oxygen atoms in total. The number of rotatable bonds is 11. The lowest BCUT2D eigenvalue weighted by molar-refractivity contribution is 0.403. The van der Waals surface area contributed by atoms with Crippen molar-refractivity contribution in [3.8, 4) is 11.5 Å². The van der Waals surface area contributed by atoms with E-state index in [9.17, 15) is 10.2 Å². The Kier molecular flexibility index (Phi) is 9.38. The van der Waals surface area contributed by atoms with Gasteiger partial charge < -0.3 is 10.2 Å². The molecule has 0 radical (unpaired) electrons. The summed E-state index contributed by atoms with van der Waals surface area (Å²) in [7, 11) is 0. The van der Waals surface area contributed by atoms with Crippen LogP contribution in [0.2, 0.25) is 0 Å². The molecule has 0 bridgehead atoms. The lowest BCUT2D eigenvalue weighted by Gasteiger charge is -2.04. The number of benzene rings is 1. The minimum absolute atomic E-state index is 0.0105. The molecule has 0 saturated heterocycles. The zero-order valence-corrected chi connectivity index (χ0v) is 13.2. The molecular weight excluding hydrogens is 268 g/mol. The fraction of sp³-hybridized carbons (Fsp3) is 0.647. The third-order valence-corrected chi connectivity index (χ3v) is 3.98. The van der Waals surface area contributed by atoms with E-state index in [2.05, 4.69) is 12.6 Å². The molecule has 0 saturated carbocycles. The Morgan fingerprint density at radius 1 is 0.700 bits per heavy atom. The Bertz CT molecular complexity index is 366. The standard InChI is InChI=1S/C17H28O2S/c18-16-12-11-15(14-17(16)19)10-8-6-4-2-1-3-5-7-9-13-20/h11-12,14,18-20H,1-10,13H2. The zero-order valence-electron chi connectivity index (χ0n) is 12.4. The zero-order chi connectivity index (χ0) is 14.6. The highest BCUT2D eigenvalue weighted by atomic mass is 32.1. The summed E-state index contributed by atoms with van der Waals surface area (Å²) in [6, 6.07) is 5.11. The molecule has 0 atom stereocenters. The quantitative estimate of drug-likeness (QED) is 0.303. The average Bonchev–Trinajstić information content (AvgIpc) is 2.45. The van der Waals surface area contributed by atoms with Gasteiger partial charge in [-0.3, -0.25) is 0 Å². The average molecular weight is 296 g/mol. The second kappa shape index (κ2) is 10.9. The first-order valence-corrected chi connectivity index (χ1v) is 8.49. The molecule has 1 aromatic rings. The van der Waals surface area contributed by atoms with Gasteiger partial charge in [0.05, 0.1) is 0 Å². The van der Waals surface area contributed by atoms with Gasteiger partial charge >= 0.3 is 0 Å². The van der Waals surface area contributed by atoms with Crippen molar-refractivity contribution in [2.24, 2.45) is 0 Å². The van der Waals surface area contributed by atoms with Crippen molar-refractivity contribution in [1.82, 2.24) is 0 Å². The molecule has 0 fully saturated rings. The maximum atomic E-state index is 9.41. The van der Waals surface area contributed by atoms with Crippen LogP contribution in [0.1, 0.15) is 63.4 Å². The van der Waals surface area contributed by atoms with Gasteiger partial charge in [0.25, 0.3) is 0 Å². The lowest BCUT2D eigenvalue weighted by atomic mass is 10.0. The van der Waals surface area contributed by atoms with E-state index >= 15 is 0 Å². The molecule has 0 aliphatic carbocycles. The van der Waals surface area contributed by atoms with Crippen LogP contribution in [-0.4, -0.2) is 16.0 Å². The van der Waals surface area contributed by atoms with Crippen LogP contribution < -0.4 is 0 Å². The van der Waals surface area contributed by atoms with E-state index in [1.807, 2.05) is 6.07 Å². The predicted molar refractivity (Wildman–Crippen MR) is 88.9 cm³/mol. The molecule has 0 aromatic heterocycles. The molecule has 20 heavy (non-hydrogen) atoms. The van der Waals surface area contributed by atoms with Crippen LogP contribution in [-0.2, 0) is 6.42 Å². The number of aryl methyl sites for hydroxylation is 1. The largest absolute Gasteiger partial charge is 0.504 e. The molecule has 1 rings (SSSR count). The first kappa shape index (κ1) is 17.2. The highest BCUT2D eigenvalue weighted by Gasteiger charge is 2.00. The predicted octanol–water partition coefficient (Wildman–Crippen LogP) is 5.08. The van der Waals surface area contributed by atoms with Gasteiger partial charge in [-0.25, -0.2) is 0 Å². The van der Waals surface area contributed by atoms with Crippen LogP contribution in [0.25, 0.3) is 0 Å². The third kappa shape index (κ3) is 7.68. The Hall–Kier alpha value is -0.830. The van der Waals surface area contributed by atoms with Crippen molar-refractivity contribution >= 4 is 12.6 Å². The molecule has 0 heterocycles. The van der Waals surface area contributed by atoms with Gasteiger partial charge in [-0.15, -0.1) is 0 Å². The van der Waals surface area contributed by atoms with Crippen LogP contribution >= 0.6 is 12.6 Å². The summed E-state index contributed by atoms with van der Waals surface area (Å²) in [4.78, 5) is 0. The summed E-state index contributed by atoms with van der Waals surface area (Å²) in [5.74, 6) is 0.975. The normalized spacial score (nSPS) is 10.8. The van der Waals surface area contributed by atoms with Gasteiger partial charge in [-0.2, -0.15) is 12.6 Å². The van der Waals surface area contributed by atoms with Crippen LogP contribution in [0, 0.1) is 0 Å². The summed E-state index contributed by atoms with van der Waals surface area (Å²) in [5.41, 5.74) is 1.10. The van der Waals surface area contributed by atoms with E-state index in [-0.39, 0.29) is 11.5 Å². The van der Waals surface area contributed by atoms with Crippen LogP contribution in [0.15, 0.2) is 18.2 Å². The number of hydrogen-bond acceptors (Lipinski definition) is 3. The third-order valence-electron chi connectivity index (χ3n) is 3.66. The fourth-order valence-corrected chi connectivity index (χ4v) is 2.63. The first-order valence-electron chi connectivity index (χ1n) is 7.86. The summed E-state index contributed by atoms with van der Waals surface area (Å²) in [5, 5.41) is 18.6. The molecule has 2 N–H and O–H groups in total.